The summed E-state index contributed by atoms with van der Waals surface area (Å²) in [7, 11) is 0. The van der Waals surface area contributed by atoms with Crippen LogP contribution in [0.5, 0.6) is 0 Å². The van der Waals surface area contributed by atoms with Gasteiger partial charge in [0.15, 0.2) is 0 Å². The number of rotatable bonds is 22. The van der Waals surface area contributed by atoms with E-state index in [0.717, 1.165) is 6.08 Å². The van der Waals surface area contributed by atoms with Crippen molar-refractivity contribution in [3.8, 4) is 0 Å². The van der Waals surface area contributed by atoms with E-state index in [4.69, 9.17) is 29.9 Å². The topological polar surface area (TPSA) is 255 Å². The molecule has 0 radical (unpaired) electrons. The fraction of sp³-hybridized carbons (Fsp3) is 0.522. The molecular formula is C23H33N3O13. The Morgan fingerprint density at radius 1 is 0.564 bits per heavy atom. The maximum absolute atomic E-state index is 11.8. The van der Waals surface area contributed by atoms with Gasteiger partial charge < -0.3 is 45.9 Å². The second-order valence-electron chi connectivity index (χ2n) is 7.70. The van der Waals surface area contributed by atoms with Gasteiger partial charge in [-0.1, -0.05) is 0 Å². The molecule has 3 amide bonds. The van der Waals surface area contributed by atoms with Gasteiger partial charge in [-0.2, -0.15) is 0 Å². The van der Waals surface area contributed by atoms with Gasteiger partial charge in [-0.15, -0.1) is 0 Å². The lowest BCUT2D eigenvalue weighted by Gasteiger charge is -2.08. The Kier molecular flexibility index (Phi) is 18.4. The lowest BCUT2D eigenvalue weighted by Crippen LogP contribution is -2.34. The average Bonchev–Trinajstić information content (AvgIpc) is 2.83. The van der Waals surface area contributed by atoms with E-state index < -0.39 is 59.7 Å². The van der Waals surface area contributed by atoms with E-state index in [2.05, 4.69) is 16.0 Å². The summed E-state index contributed by atoms with van der Waals surface area (Å²) in [6.07, 6.45) is 0.861. The summed E-state index contributed by atoms with van der Waals surface area (Å²) in [5, 5.41) is 42.3. The molecule has 0 aliphatic carbocycles. The zero-order chi connectivity index (χ0) is 29.6. The van der Waals surface area contributed by atoms with Crippen molar-refractivity contribution >= 4 is 41.6 Å². The highest BCUT2D eigenvalue weighted by Crippen LogP contribution is 2.02. The predicted molar refractivity (Wildman–Crippen MR) is 130 cm³/mol. The highest BCUT2D eigenvalue weighted by atomic mass is 16.5. The number of carboxylic acids is 4. The maximum Gasteiger partial charge on any atom is 0.332 e. The van der Waals surface area contributed by atoms with Gasteiger partial charge in [0, 0.05) is 51.4 Å². The van der Waals surface area contributed by atoms with Crippen molar-refractivity contribution in [1.82, 2.24) is 16.0 Å². The van der Waals surface area contributed by atoms with Crippen LogP contribution >= 0.6 is 0 Å². The fourth-order valence-corrected chi connectivity index (χ4v) is 2.64. The van der Waals surface area contributed by atoms with Gasteiger partial charge in [0.05, 0.1) is 37.2 Å². The summed E-state index contributed by atoms with van der Waals surface area (Å²) in [5.74, 6) is -7.54. The van der Waals surface area contributed by atoms with Crippen LogP contribution in [0.15, 0.2) is 23.3 Å². The Morgan fingerprint density at radius 3 is 1.46 bits per heavy atom. The lowest BCUT2D eigenvalue weighted by atomic mass is 10.2. The summed E-state index contributed by atoms with van der Waals surface area (Å²) in [6.45, 7) is 1.43. The Balaban J connectivity index is 3.78. The third-order valence-corrected chi connectivity index (χ3v) is 4.42. The van der Waals surface area contributed by atoms with E-state index in [0.29, 0.717) is 32.1 Å². The molecule has 16 heteroatoms. The first kappa shape index (κ1) is 34.7. The number of carbonyl (C=O) groups excluding carboxylic acids is 3. The zero-order valence-electron chi connectivity index (χ0n) is 21.1. The second kappa shape index (κ2) is 20.7. The summed E-state index contributed by atoms with van der Waals surface area (Å²) in [4.78, 5) is 77.9. The van der Waals surface area contributed by atoms with Crippen LogP contribution in [-0.2, 0) is 43.0 Å². The second-order valence-corrected chi connectivity index (χ2v) is 7.70. The lowest BCUT2D eigenvalue weighted by molar-refractivity contribution is -0.139. The summed E-state index contributed by atoms with van der Waals surface area (Å²) in [5.41, 5.74) is -1.10. The van der Waals surface area contributed by atoms with Crippen LogP contribution in [0, 0.1) is 0 Å². The van der Waals surface area contributed by atoms with Gasteiger partial charge >= 0.3 is 23.9 Å². The number of ether oxygens (including phenoxy) is 2. The summed E-state index contributed by atoms with van der Waals surface area (Å²) in [6, 6.07) is 0. The smallest absolute Gasteiger partial charge is 0.332 e. The molecule has 0 aliphatic heterocycles. The minimum absolute atomic E-state index is 0.0172. The van der Waals surface area contributed by atoms with E-state index in [1.807, 2.05) is 0 Å². The SMILES string of the molecule is O=C(O)CC(=CC(=O)NCCCOCCOCCCC(=O)NCCNC(=O)C=C(CC(=O)O)C(=O)O)C(=O)O. The average molecular weight is 560 g/mol. The van der Waals surface area contributed by atoms with E-state index in [1.54, 1.807) is 0 Å². The number of hydrogen-bond donors (Lipinski definition) is 7. The third-order valence-electron chi connectivity index (χ3n) is 4.42. The Labute approximate surface area is 223 Å². The highest BCUT2D eigenvalue weighted by Gasteiger charge is 2.14. The van der Waals surface area contributed by atoms with Crippen molar-refractivity contribution in [2.24, 2.45) is 0 Å². The van der Waals surface area contributed by atoms with Gasteiger partial charge in [0.25, 0.3) is 0 Å². The Hall–Kier alpha value is -4.31. The molecule has 16 nitrogen and oxygen atoms in total. The largest absolute Gasteiger partial charge is 0.481 e. The van der Waals surface area contributed by atoms with E-state index in [-0.39, 0.29) is 45.2 Å². The van der Waals surface area contributed by atoms with Gasteiger partial charge in [0.1, 0.15) is 0 Å². The van der Waals surface area contributed by atoms with Crippen LogP contribution in [0.25, 0.3) is 0 Å². The third kappa shape index (κ3) is 20.4. The van der Waals surface area contributed by atoms with E-state index in [9.17, 15) is 33.6 Å². The number of nitrogens with one attached hydrogen (secondary N) is 3. The molecule has 0 aliphatic rings. The van der Waals surface area contributed by atoms with Crippen molar-refractivity contribution in [3.63, 3.8) is 0 Å². The number of hydrogen-bond acceptors (Lipinski definition) is 9. The normalized spacial score (nSPS) is 11.4. The molecule has 7 N–H and O–H groups in total. The standard InChI is InChI=1S/C23H33N3O13/c27-17(25-5-6-26-19(29)12-16(23(36)37)14-21(32)33)3-1-7-38-9-10-39-8-2-4-24-18(28)11-15(22(34)35)13-20(30)31/h11-12H,1-10,13-14H2,(H,24,28)(H,25,27)(H,26,29)(H,30,31)(H,32,33)(H,34,35)(H,36,37). The molecule has 0 heterocycles. The number of carboxylic acid groups (broad SMARTS) is 4. The zero-order valence-corrected chi connectivity index (χ0v) is 21.1. The first-order chi connectivity index (χ1) is 18.4. The first-order valence-electron chi connectivity index (χ1n) is 11.7. The van der Waals surface area contributed by atoms with Gasteiger partial charge in [-0.3, -0.25) is 24.0 Å². The van der Waals surface area contributed by atoms with Crippen LogP contribution in [0.4, 0.5) is 0 Å². The molecule has 0 spiro atoms. The van der Waals surface area contributed by atoms with Gasteiger partial charge in [-0.05, 0) is 12.8 Å². The van der Waals surface area contributed by atoms with E-state index >= 15 is 0 Å². The summed E-state index contributed by atoms with van der Waals surface area (Å²) >= 11 is 0. The monoisotopic (exact) mass is 559 g/mol. The minimum atomic E-state index is -1.51. The van der Waals surface area contributed by atoms with Crippen LogP contribution in [0.3, 0.4) is 0 Å². The van der Waals surface area contributed by atoms with Crippen LogP contribution in [0.1, 0.15) is 32.1 Å². The molecule has 0 saturated heterocycles. The van der Waals surface area contributed by atoms with Crippen molar-refractivity contribution < 1.29 is 63.5 Å². The quantitative estimate of drug-likeness (QED) is 0.0590. The highest BCUT2D eigenvalue weighted by molar-refractivity contribution is 6.01. The molecule has 0 aromatic heterocycles. The van der Waals surface area contributed by atoms with Crippen molar-refractivity contribution in [2.75, 3.05) is 46.1 Å². The molecule has 0 bridgehead atoms. The predicted octanol–water partition coefficient (Wildman–Crippen LogP) is -1.49. The van der Waals surface area contributed by atoms with Crippen molar-refractivity contribution in [3.05, 3.63) is 23.3 Å². The molecule has 0 rings (SSSR count). The molecular weight excluding hydrogens is 526 g/mol. The number of carbonyl (C=O) groups is 7. The van der Waals surface area contributed by atoms with Crippen molar-refractivity contribution in [2.45, 2.75) is 32.1 Å². The minimum Gasteiger partial charge on any atom is -0.481 e. The maximum atomic E-state index is 11.8. The molecule has 0 aromatic rings. The van der Waals surface area contributed by atoms with Crippen LogP contribution in [-0.4, -0.2) is 108 Å². The van der Waals surface area contributed by atoms with E-state index in [1.165, 1.54) is 0 Å². The molecule has 0 saturated carbocycles. The molecule has 0 unspecified atom stereocenters. The first-order valence-corrected chi connectivity index (χ1v) is 11.7. The van der Waals surface area contributed by atoms with Gasteiger partial charge in [-0.25, -0.2) is 9.59 Å². The molecule has 39 heavy (non-hydrogen) atoms. The van der Waals surface area contributed by atoms with Crippen LogP contribution < -0.4 is 16.0 Å². The molecule has 0 atom stereocenters. The number of aliphatic carboxylic acids is 4. The fourth-order valence-electron chi connectivity index (χ4n) is 2.64. The Bertz CT molecular complexity index is 944. The number of amides is 3. The summed E-state index contributed by atoms with van der Waals surface area (Å²) < 4.78 is 10.6. The van der Waals surface area contributed by atoms with Gasteiger partial charge in [0.2, 0.25) is 17.7 Å². The van der Waals surface area contributed by atoms with Crippen LogP contribution in [0.2, 0.25) is 0 Å². The molecule has 0 fully saturated rings. The Morgan fingerprint density at radius 2 is 1.00 bits per heavy atom. The molecule has 0 aromatic carbocycles. The molecule has 218 valence electrons. The van der Waals surface area contributed by atoms with Crippen molar-refractivity contribution in [1.29, 1.82) is 0 Å².